The molecule has 0 aliphatic rings. The van der Waals surface area contributed by atoms with Crippen molar-refractivity contribution in [2.75, 3.05) is 11.0 Å². The fourth-order valence-corrected chi connectivity index (χ4v) is 3.66. The minimum Gasteiger partial charge on any atom is -0.341 e. The SMILES string of the molecule is CS(=O)(=O)Nc1ccc(C(=O)NC(c2ccccc2)c2ccccc2)cc1Cl. The maximum absolute atomic E-state index is 12.8. The summed E-state index contributed by atoms with van der Waals surface area (Å²) in [5.74, 6) is -0.314. The van der Waals surface area contributed by atoms with Crippen LogP contribution < -0.4 is 10.0 Å². The second-order valence-corrected chi connectivity index (χ2v) is 8.45. The van der Waals surface area contributed by atoms with Crippen LogP contribution in [0.3, 0.4) is 0 Å². The number of amides is 1. The number of carbonyl (C=O) groups excluding carboxylic acids is 1. The van der Waals surface area contributed by atoms with Crippen molar-refractivity contribution in [3.63, 3.8) is 0 Å². The van der Waals surface area contributed by atoms with E-state index in [1.807, 2.05) is 60.7 Å². The van der Waals surface area contributed by atoms with E-state index in [1.165, 1.54) is 18.2 Å². The summed E-state index contributed by atoms with van der Waals surface area (Å²) in [6.07, 6.45) is 1.04. The van der Waals surface area contributed by atoms with Gasteiger partial charge in [0, 0.05) is 5.56 Å². The van der Waals surface area contributed by atoms with Gasteiger partial charge in [0.05, 0.1) is 23.0 Å². The van der Waals surface area contributed by atoms with E-state index in [-0.39, 0.29) is 22.7 Å². The molecule has 0 radical (unpaired) electrons. The Hall–Kier alpha value is -2.83. The smallest absolute Gasteiger partial charge is 0.252 e. The molecule has 144 valence electrons. The molecule has 0 saturated carbocycles. The van der Waals surface area contributed by atoms with E-state index in [4.69, 9.17) is 11.6 Å². The van der Waals surface area contributed by atoms with E-state index in [0.717, 1.165) is 17.4 Å². The molecule has 0 atom stereocenters. The van der Waals surface area contributed by atoms with Crippen LogP contribution in [-0.2, 0) is 10.0 Å². The van der Waals surface area contributed by atoms with Crippen LogP contribution >= 0.6 is 11.6 Å². The summed E-state index contributed by atoms with van der Waals surface area (Å²) in [5, 5.41) is 3.17. The van der Waals surface area contributed by atoms with Gasteiger partial charge in [-0.25, -0.2) is 8.42 Å². The molecule has 3 aromatic rings. The van der Waals surface area contributed by atoms with Crippen LogP contribution in [-0.4, -0.2) is 20.6 Å². The van der Waals surface area contributed by atoms with E-state index in [0.29, 0.717) is 5.56 Å². The third kappa shape index (κ3) is 5.12. The van der Waals surface area contributed by atoms with Gasteiger partial charge in [0.2, 0.25) is 10.0 Å². The number of benzene rings is 3. The highest BCUT2D eigenvalue weighted by Crippen LogP contribution is 2.26. The molecule has 3 aromatic carbocycles. The average Bonchev–Trinajstić information content (AvgIpc) is 2.68. The quantitative estimate of drug-likeness (QED) is 0.633. The summed E-state index contributed by atoms with van der Waals surface area (Å²) in [6, 6.07) is 23.4. The molecule has 7 heteroatoms. The van der Waals surface area contributed by atoms with Gasteiger partial charge in [0.25, 0.3) is 5.91 Å². The van der Waals surface area contributed by atoms with Crippen LogP contribution in [0.25, 0.3) is 0 Å². The predicted octanol–water partition coefficient (Wildman–Crippen LogP) is 4.23. The lowest BCUT2D eigenvalue weighted by molar-refractivity contribution is 0.0943. The highest BCUT2D eigenvalue weighted by Gasteiger charge is 2.18. The number of nitrogens with one attached hydrogen (secondary N) is 2. The van der Waals surface area contributed by atoms with Crippen molar-refractivity contribution in [1.82, 2.24) is 5.32 Å². The van der Waals surface area contributed by atoms with Crippen LogP contribution in [0.1, 0.15) is 27.5 Å². The summed E-state index contributed by atoms with van der Waals surface area (Å²) in [4.78, 5) is 12.8. The zero-order valence-electron chi connectivity index (χ0n) is 15.1. The maximum Gasteiger partial charge on any atom is 0.252 e. The molecule has 0 saturated heterocycles. The van der Waals surface area contributed by atoms with Crippen LogP contribution in [0.5, 0.6) is 0 Å². The van der Waals surface area contributed by atoms with Crippen molar-refractivity contribution in [1.29, 1.82) is 0 Å². The van der Waals surface area contributed by atoms with Crippen LogP contribution in [0.4, 0.5) is 5.69 Å². The number of hydrogen-bond donors (Lipinski definition) is 2. The fraction of sp³-hybridized carbons (Fsp3) is 0.0952. The van der Waals surface area contributed by atoms with Crippen molar-refractivity contribution >= 4 is 33.2 Å². The normalized spacial score (nSPS) is 11.2. The van der Waals surface area contributed by atoms with E-state index < -0.39 is 10.0 Å². The first-order valence-corrected chi connectivity index (χ1v) is 10.8. The Kier molecular flexibility index (Phi) is 6.02. The first-order valence-electron chi connectivity index (χ1n) is 8.51. The predicted molar refractivity (Wildman–Crippen MR) is 112 cm³/mol. The van der Waals surface area contributed by atoms with Crippen molar-refractivity contribution < 1.29 is 13.2 Å². The van der Waals surface area contributed by atoms with Gasteiger partial charge in [0.1, 0.15) is 0 Å². The lowest BCUT2D eigenvalue weighted by Crippen LogP contribution is -2.29. The molecule has 1 amide bonds. The Balaban J connectivity index is 1.87. The summed E-state index contributed by atoms with van der Waals surface area (Å²) in [6.45, 7) is 0. The largest absolute Gasteiger partial charge is 0.341 e. The molecular weight excluding hydrogens is 396 g/mol. The lowest BCUT2D eigenvalue weighted by atomic mass is 9.98. The molecule has 0 heterocycles. The summed E-state index contributed by atoms with van der Waals surface area (Å²) in [7, 11) is -3.46. The second-order valence-electron chi connectivity index (χ2n) is 6.30. The van der Waals surface area contributed by atoms with Gasteiger partial charge in [-0.1, -0.05) is 72.3 Å². The Bertz CT molecular complexity index is 1030. The molecule has 0 aliphatic heterocycles. The number of sulfonamides is 1. The Labute approximate surface area is 169 Å². The van der Waals surface area contributed by atoms with Crippen molar-refractivity contribution in [3.8, 4) is 0 Å². The van der Waals surface area contributed by atoms with Gasteiger partial charge in [-0.15, -0.1) is 0 Å². The fourth-order valence-electron chi connectivity index (χ4n) is 2.80. The van der Waals surface area contributed by atoms with E-state index >= 15 is 0 Å². The first kappa shape index (κ1) is 19.9. The van der Waals surface area contributed by atoms with E-state index in [9.17, 15) is 13.2 Å². The van der Waals surface area contributed by atoms with Gasteiger partial charge in [0.15, 0.2) is 0 Å². The van der Waals surface area contributed by atoms with Gasteiger partial charge in [-0.3, -0.25) is 9.52 Å². The Morgan fingerprint density at radius 2 is 1.43 bits per heavy atom. The first-order chi connectivity index (χ1) is 13.3. The van der Waals surface area contributed by atoms with Crippen LogP contribution in [0.2, 0.25) is 5.02 Å². The molecule has 0 bridgehead atoms. The third-order valence-corrected chi connectivity index (χ3v) is 4.97. The van der Waals surface area contributed by atoms with Crippen molar-refractivity contribution in [2.45, 2.75) is 6.04 Å². The average molecular weight is 415 g/mol. The zero-order chi connectivity index (χ0) is 20.1. The zero-order valence-corrected chi connectivity index (χ0v) is 16.7. The molecule has 3 rings (SSSR count). The number of rotatable bonds is 6. The number of halogens is 1. The molecule has 0 aliphatic carbocycles. The minimum absolute atomic E-state index is 0.147. The summed E-state index contributed by atoms with van der Waals surface area (Å²) >= 11 is 6.14. The summed E-state index contributed by atoms with van der Waals surface area (Å²) < 4.78 is 25.1. The van der Waals surface area contributed by atoms with E-state index in [2.05, 4.69) is 10.0 Å². The van der Waals surface area contributed by atoms with Gasteiger partial charge < -0.3 is 5.32 Å². The highest BCUT2D eigenvalue weighted by atomic mass is 35.5. The van der Waals surface area contributed by atoms with Crippen molar-refractivity contribution in [2.24, 2.45) is 0 Å². The highest BCUT2D eigenvalue weighted by molar-refractivity contribution is 7.92. The van der Waals surface area contributed by atoms with Gasteiger partial charge in [-0.2, -0.15) is 0 Å². The molecule has 0 aromatic heterocycles. The molecule has 28 heavy (non-hydrogen) atoms. The molecular formula is C21H19ClN2O3S. The Morgan fingerprint density at radius 3 is 1.89 bits per heavy atom. The lowest BCUT2D eigenvalue weighted by Gasteiger charge is -2.20. The van der Waals surface area contributed by atoms with Crippen molar-refractivity contribution in [3.05, 3.63) is 101 Å². The molecule has 0 unspecified atom stereocenters. The minimum atomic E-state index is -3.46. The van der Waals surface area contributed by atoms with Gasteiger partial charge >= 0.3 is 0 Å². The monoisotopic (exact) mass is 414 g/mol. The molecule has 5 nitrogen and oxygen atoms in total. The van der Waals surface area contributed by atoms with E-state index in [1.54, 1.807) is 0 Å². The van der Waals surface area contributed by atoms with Gasteiger partial charge in [-0.05, 0) is 29.3 Å². The molecule has 2 N–H and O–H groups in total. The number of anilines is 1. The molecule has 0 fully saturated rings. The third-order valence-electron chi connectivity index (χ3n) is 4.07. The number of hydrogen-bond acceptors (Lipinski definition) is 3. The summed E-state index contributed by atoms with van der Waals surface area (Å²) in [5.41, 5.74) is 2.45. The van der Waals surface area contributed by atoms with Crippen LogP contribution in [0.15, 0.2) is 78.9 Å². The maximum atomic E-state index is 12.8. The standard InChI is InChI=1S/C21H19ClN2O3S/c1-28(26,27)24-19-13-12-17(14-18(19)22)21(25)23-20(15-8-4-2-5-9-15)16-10-6-3-7-11-16/h2-14,20,24H,1H3,(H,23,25). The number of carbonyl (C=O) groups is 1. The topological polar surface area (TPSA) is 75.3 Å². The Morgan fingerprint density at radius 1 is 0.893 bits per heavy atom. The molecule has 0 spiro atoms. The second kappa shape index (κ2) is 8.46. The van der Waals surface area contributed by atoms with Crippen LogP contribution in [0, 0.1) is 0 Å².